The number of carbonyl (C=O) groups excluding carboxylic acids is 2. The predicted molar refractivity (Wildman–Crippen MR) is 81.4 cm³/mol. The van der Waals surface area contributed by atoms with Crippen LogP contribution in [0.4, 0.5) is 0 Å². The lowest BCUT2D eigenvalue weighted by Gasteiger charge is -2.34. The molecule has 0 bridgehead atoms. The Kier molecular flexibility index (Phi) is 6.39. The van der Waals surface area contributed by atoms with Crippen molar-refractivity contribution in [3.63, 3.8) is 0 Å². The smallest absolute Gasteiger partial charge is 0.249 e. The van der Waals surface area contributed by atoms with Crippen molar-refractivity contribution in [2.75, 3.05) is 32.7 Å². The highest BCUT2D eigenvalue weighted by molar-refractivity contribution is 5.93. The molecule has 0 saturated carbocycles. The van der Waals surface area contributed by atoms with Gasteiger partial charge in [-0.05, 0) is 20.8 Å². The molecule has 0 unspecified atom stereocenters. The third kappa shape index (κ3) is 5.13. The highest BCUT2D eigenvalue weighted by atomic mass is 16.2. The molecule has 110 valence electrons. The maximum absolute atomic E-state index is 12.2. The quantitative estimate of drug-likeness (QED) is 0.568. The number of allylic oxidation sites excluding steroid dienone is 4. The van der Waals surface area contributed by atoms with Crippen LogP contribution in [0.25, 0.3) is 0 Å². The largest absolute Gasteiger partial charge is 0.336 e. The molecule has 1 fully saturated rings. The first-order valence-electron chi connectivity index (χ1n) is 6.92. The molecule has 0 radical (unpaired) electrons. The molecule has 1 aliphatic rings. The van der Waals surface area contributed by atoms with Crippen LogP contribution in [0.2, 0.25) is 0 Å². The van der Waals surface area contributed by atoms with E-state index in [1.54, 1.807) is 13.0 Å². The van der Waals surface area contributed by atoms with E-state index in [2.05, 4.69) is 11.5 Å². The van der Waals surface area contributed by atoms with Gasteiger partial charge in [-0.15, -0.1) is 0 Å². The van der Waals surface area contributed by atoms with Gasteiger partial charge < -0.3 is 4.90 Å². The van der Waals surface area contributed by atoms with Crippen LogP contribution in [0.5, 0.6) is 0 Å². The van der Waals surface area contributed by atoms with Gasteiger partial charge in [0.2, 0.25) is 5.91 Å². The van der Waals surface area contributed by atoms with Crippen LogP contribution in [0.3, 0.4) is 0 Å². The Morgan fingerprint density at radius 2 is 1.65 bits per heavy atom. The van der Waals surface area contributed by atoms with Gasteiger partial charge in [0.1, 0.15) is 5.78 Å². The number of rotatable bonds is 5. The number of amides is 1. The first-order chi connectivity index (χ1) is 9.43. The molecular weight excluding hydrogens is 252 g/mol. The molecule has 1 aliphatic heterocycles. The summed E-state index contributed by atoms with van der Waals surface area (Å²) in [7, 11) is 0. The Labute approximate surface area is 121 Å². The van der Waals surface area contributed by atoms with Gasteiger partial charge in [0, 0.05) is 31.8 Å². The summed E-state index contributed by atoms with van der Waals surface area (Å²) in [6.45, 7) is 12.4. The fourth-order valence-corrected chi connectivity index (χ4v) is 2.07. The molecule has 4 heteroatoms. The molecule has 1 amide bonds. The van der Waals surface area contributed by atoms with Crippen LogP contribution in [0.15, 0.2) is 36.0 Å². The van der Waals surface area contributed by atoms with Gasteiger partial charge in [-0.1, -0.05) is 30.4 Å². The van der Waals surface area contributed by atoms with E-state index in [9.17, 15) is 9.59 Å². The van der Waals surface area contributed by atoms with Crippen molar-refractivity contribution in [2.24, 2.45) is 0 Å². The van der Waals surface area contributed by atoms with Crippen molar-refractivity contribution in [1.82, 2.24) is 9.80 Å². The number of hydrogen-bond donors (Lipinski definition) is 0. The zero-order valence-electron chi connectivity index (χ0n) is 12.7. The van der Waals surface area contributed by atoms with Crippen molar-refractivity contribution in [3.8, 4) is 0 Å². The number of Topliss-reactive ketones (excluding diaryl/α,β-unsaturated/α-hetero) is 1. The van der Waals surface area contributed by atoms with E-state index in [1.165, 1.54) is 0 Å². The lowest BCUT2D eigenvalue weighted by molar-refractivity contribution is -0.129. The standard InChI is InChI=1S/C16H24N2O2/c1-5-13(2)6-7-14(3)16(20)18-10-8-17(9-11-18)12-15(4)19/h5-7H,1,8-12H2,2-4H3/b13-6-,14-7+. The first-order valence-corrected chi connectivity index (χ1v) is 6.92. The summed E-state index contributed by atoms with van der Waals surface area (Å²) >= 11 is 0. The third-order valence-electron chi connectivity index (χ3n) is 3.36. The van der Waals surface area contributed by atoms with E-state index in [0.29, 0.717) is 19.6 Å². The molecule has 0 aliphatic carbocycles. The molecular formula is C16H24N2O2. The molecule has 0 aromatic carbocycles. The van der Waals surface area contributed by atoms with E-state index in [1.807, 2.05) is 30.9 Å². The minimum atomic E-state index is 0.0700. The molecule has 0 atom stereocenters. The van der Waals surface area contributed by atoms with E-state index < -0.39 is 0 Å². The molecule has 0 aromatic heterocycles. The Balaban J connectivity index is 2.54. The maximum atomic E-state index is 12.2. The molecule has 20 heavy (non-hydrogen) atoms. The lowest BCUT2D eigenvalue weighted by Crippen LogP contribution is -2.49. The Hall–Kier alpha value is -1.68. The Morgan fingerprint density at radius 3 is 2.15 bits per heavy atom. The summed E-state index contributed by atoms with van der Waals surface area (Å²) in [5.41, 5.74) is 1.76. The number of hydrogen-bond acceptors (Lipinski definition) is 3. The van der Waals surface area contributed by atoms with Crippen LogP contribution in [0, 0.1) is 0 Å². The van der Waals surface area contributed by atoms with Crippen LogP contribution < -0.4 is 0 Å². The molecule has 1 saturated heterocycles. The summed E-state index contributed by atoms with van der Waals surface area (Å²) in [6, 6.07) is 0. The zero-order chi connectivity index (χ0) is 15.1. The SMILES string of the molecule is C=C/C(C)=C\C=C(/C)C(=O)N1CCN(CC(C)=O)CC1. The average Bonchev–Trinajstić information content (AvgIpc) is 2.43. The van der Waals surface area contributed by atoms with Crippen molar-refractivity contribution in [2.45, 2.75) is 20.8 Å². The number of nitrogens with zero attached hydrogens (tertiary/aromatic N) is 2. The molecule has 0 spiro atoms. The van der Waals surface area contributed by atoms with Crippen LogP contribution >= 0.6 is 0 Å². The van der Waals surface area contributed by atoms with Crippen molar-refractivity contribution in [1.29, 1.82) is 0 Å². The predicted octanol–water partition coefficient (Wildman–Crippen LogP) is 1.80. The molecule has 0 N–H and O–H groups in total. The minimum Gasteiger partial charge on any atom is -0.336 e. The van der Waals surface area contributed by atoms with Crippen molar-refractivity contribution in [3.05, 3.63) is 36.0 Å². The first kappa shape index (κ1) is 16.4. The summed E-state index contributed by atoms with van der Waals surface area (Å²) in [5, 5.41) is 0. The van der Waals surface area contributed by atoms with Gasteiger partial charge in [0.05, 0.1) is 6.54 Å². The van der Waals surface area contributed by atoms with Gasteiger partial charge in [-0.3, -0.25) is 14.5 Å². The second-order valence-corrected chi connectivity index (χ2v) is 5.23. The van der Waals surface area contributed by atoms with Gasteiger partial charge in [-0.2, -0.15) is 0 Å². The molecule has 1 rings (SSSR count). The maximum Gasteiger partial charge on any atom is 0.249 e. The fraction of sp³-hybridized carbons (Fsp3) is 0.500. The molecule has 1 heterocycles. The Bertz CT molecular complexity index is 441. The number of piperazine rings is 1. The lowest BCUT2D eigenvalue weighted by atomic mass is 10.2. The second-order valence-electron chi connectivity index (χ2n) is 5.23. The van der Waals surface area contributed by atoms with Crippen LogP contribution in [-0.2, 0) is 9.59 Å². The van der Waals surface area contributed by atoms with Crippen LogP contribution in [-0.4, -0.2) is 54.2 Å². The number of ketones is 1. The topological polar surface area (TPSA) is 40.6 Å². The third-order valence-corrected chi connectivity index (χ3v) is 3.36. The second kappa shape index (κ2) is 7.80. The van der Waals surface area contributed by atoms with Gasteiger partial charge in [0.25, 0.3) is 0 Å². The number of carbonyl (C=O) groups is 2. The van der Waals surface area contributed by atoms with Gasteiger partial charge in [-0.25, -0.2) is 0 Å². The molecule has 0 aromatic rings. The van der Waals surface area contributed by atoms with Crippen molar-refractivity contribution < 1.29 is 9.59 Å². The highest BCUT2D eigenvalue weighted by Crippen LogP contribution is 2.08. The summed E-state index contributed by atoms with van der Waals surface area (Å²) in [6.07, 6.45) is 5.49. The summed E-state index contributed by atoms with van der Waals surface area (Å²) in [5.74, 6) is 0.242. The average molecular weight is 276 g/mol. The summed E-state index contributed by atoms with van der Waals surface area (Å²) < 4.78 is 0. The Morgan fingerprint density at radius 1 is 1.05 bits per heavy atom. The summed E-state index contributed by atoms with van der Waals surface area (Å²) in [4.78, 5) is 27.2. The van der Waals surface area contributed by atoms with E-state index in [-0.39, 0.29) is 11.7 Å². The zero-order valence-corrected chi connectivity index (χ0v) is 12.7. The van der Waals surface area contributed by atoms with E-state index in [4.69, 9.17) is 0 Å². The van der Waals surface area contributed by atoms with Gasteiger partial charge >= 0.3 is 0 Å². The van der Waals surface area contributed by atoms with Crippen LogP contribution in [0.1, 0.15) is 20.8 Å². The van der Waals surface area contributed by atoms with Gasteiger partial charge in [0.15, 0.2) is 0 Å². The molecule has 4 nitrogen and oxygen atoms in total. The highest BCUT2D eigenvalue weighted by Gasteiger charge is 2.22. The normalized spacial score (nSPS) is 18.1. The van der Waals surface area contributed by atoms with Crippen molar-refractivity contribution >= 4 is 11.7 Å². The van der Waals surface area contributed by atoms with E-state index in [0.717, 1.165) is 24.2 Å². The van der Waals surface area contributed by atoms with E-state index >= 15 is 0 Å². The fourth-order valence-electron chi connectivity index (χ4n) is 2.07. The monoisotopic (exact) mass is 276 g/mol. The minimum absolute atomic E-state index is 0.0700.